The second-order valence-corrected chi connectivity index (χ2v) is 9.31. The number of hydrogen-bond acceptors (Lipinski definition) is 6. The fourth-order valence-corrected chi connectivity index (χ4v) is 4.14. The Morgan fingerprint density at radius 2 is 1.74 bits per heavy atom. The first kappa shape index (κ1) is 25.2. The molecule has 0 spiro atoms. The summed E-state index contributed by atoms with van der Waals surface area (Å²) in [5.41, 5.74) is 2.99. The molecule has 7 heteroatoms. The molecule has 1 atom stereocenters. The van der Waals surface area contributed by atoms with Gasteiger partial charge in [-0.2, -0.15) is 5.10 Å². The molecule has 2 aromatic carbocycles. The lowest BCUT2D eigenvalue weighted by molar-refractivity contribution is -0.0107. The van der Waals surface area contributed by atoms with E-state index in [0.717, 1.165) is 47.7 Å². The molecular weight excluding hydrogens is 442 g/mol. The van der Waals surface area contributed by atoms with Crippen LogP contribution in [0.5, 0.6) is 17.4 Å². The number of methoxy groups -OCH3 is 1. The van der Waals surface area contributed by atoms with Crippen molar-refractivity contribution in [3.05, 3.63) is 65.9 Å². The molecule has 7 nitrogen and oxygen atoms in total. The van der Waals surface area contributed by atoms with Gasteiger partial charge < -0.3 is 19.3 Å². The lowest BCUT2D eigenvalue weighted by Crippen LogP contribution is -2.36. The van der Waals surface area contributed by atoms with Crippen molar-refractivity contribution in [2.75, 3.05) is 20.3 Å². The highest BCUT2D eigenvalue weighted by Crippen LogP contribution is 2.36. The van der Waals surface area contributed by atoms with E-state index in [2.05, 4.69) is 11.8 Å². The highest BCUT2D eigenvalue weighted by atomic mass is 16.5. The Hall–Kier alpha value is -2.87. The van der Waals surface area contributed by atoms with Gasteiger partial charge in [-0.3, -0.25) is 4.90 Å². The number of para-hydroxylation sites is 1. The first-order chi connectivity index (χ1) is 17.0. The van der Waals surface area contributed by atoms with Crippen molar-refractivity contribution >= 4 is 0 Å². The van der Waals surface area contributed by atoms with Gasteiger partial charge in [-0.05, 0) is 69.5 Å². The molecule has 3 aromatic rings. The van der Waals surface area contributed by atoms with Gasteiger partial charge >= 0.3 is 0 Å². The van der Waals surface area contributed by atoms with E-state index in [0.29, 0.717) is 31.6 Å². The normalized spacial score (nSPS) is 14.5. The number of aryl methyl sites for hydroxylation is 1. The van der Waals surface area contributed by atoms with Gasteiger partial charge in [0.05, 0.1) is 42.9 Å². The standard InChI is InChI=1S/C28H37N3O4/c1-5-27-26(18-30(21-11-12-21)17-23(32)19-34-20(2)3)28(31(29-27)22-9-7-6-8-10-22)35-25-15-13-24(33-4)14-16-25/h6-10,13-16,20-21,23,32H,5,11-12,17-19H2,1-4H3/t23-/m1/s1. The molecule has 0 radical (unpaired) electrons. The minimum atomic E-state index is -0.543. The third kappa shape index (κ3) is 6.63. The summed E-state index contributed by atoms with van der Waals surface area (Å²) in [5.74, 6) is 2.20. The number of hydrogen-bond donors (Lipinski definition) is 1. The largest absolute Gasteiger partial charge is 0.497 e. The van der Waals surface area contributed by atoms with Crippen molar-refractivity contribution in [1.82, 2.24) is 14.7 Å². The van der Waals surface area contributed by atoms with Crippen LogP contribution < -0.4 is 9.47 Å². The first-order valence-corrected chi connectivity index (χ1v) is 12.5. The summed E-state index contributed by atoms with van der Waals surface area (Å²) in [7, 11) is 1.65. The van der Waals surface area contributed by atoms with Gasteiger partial charge in [-0.1, -0.05) is 25.1 Å². The number of benzene rings is 2. The second-order valence-electron chi connectivity index (χ2n) is 9.31. The van der Waals surface area contributed by atoms with Crippen molar-refractivity contribution in [3.8, 4) is 23.1 Å². The van der Waals surface area contributed by atoms with Crippen LogP contribution in [0.4, 0.5) is 0 Å². The monoisotopic (exact) mass is 479 g/mol. The van der Waals surface area contributed by atoms with Gasteiger partial charge in [0.1, 0.15) is 11.5 Å². The van der Waals surface area contributed by atoms with Gasteiger partial charge in [0.15, 0.2) is 0 Å². The average molecular weight is 480 g/mol. The minimum absolute atomic E-state index is 0.0966. The molecule has 0 saturated heterocycles. The molecule has 0 amide bonds. The summed E-state index contributed by atoms with van der Waals surface area (Å²) in [4.78, 5) is 2.35. The van der Waals surface area contributed by atoms with Crippen LogP contribution in [0.15, 0.2) is 54.6 Å². The van der Waals surface area contributed by atoms with E-state index >= 15 is 0 Å². The molecule has 1 aliphatic carbocycles. The molecule has 4 rings (SSSR count). The van der Waals surface area contributed by atoms with Crippen molar-refractivity contribution in [3.63, 3.8) is 0 Å². The zero-order valence-electron chi connectivity index (χ0n) is 21.2. The van der Waals surface area contributed by atoms with Crippen molar-refractivity contribution in [1.29, 1.82) is 0 Å². The highest BCUT2D eigenvalue weighted by Gasteiger charge is 2.33. The second kappa shape index (κ2) is 11.7. The summed E-state index contributed by atoms with van der Waals surface area (Å²) in [6, 6.07) is 18.1. The Labute approximate surface area is 208 Å². The number of aliphatic hydroxyl groups excluding tert-OH is 1. The molecular formula is C28H37N3O4. The molecule has 0 unspecified atom stereocenters. The minimum Gasteiger partial charge on any atom is -0.497 e. The maximum Gasteiger partial charge on any atom is 0.227 e. The predicted molar refractivity (Wildman–Crippen MR) is 137 cm³/mol. The van der Waals surface area contributed by atoms with Crippen LogP contribution in [0, 0.1) is 0 Å². The van der Waals surface area contributed by atoms with E-state index in [1.165, 1.54) is 0 Å². The van der Waals surface area contributed by atoms with Crippen LogP contribution >= 0.6 is 0 Å². The maximum absolute atomic E-state index is 10.7. The van der Waals surface area contributed by atoms with Crippen LogP contribution in [0.25, 0.3) is 5.69 Å². The summed E-state index contributed by atoms with van der Waals surface area (Å²) >= 11 is 0. The summed E-state index contributed by atoms with van der Waals surface area (Å²) in [5, 5.41) is 15.6. The molecule has 1 aromatic heterocycles. The fourth-order valence-electron chi connectivity index (χ4n) is 4.14. The van der Waals surface area contributed by atoms with E-state index in [1.54, 1.807) is 7.11 Å². The SMILES string of the molecule is CCc1nn(-c2ccccc2)c(Oc2ccc(OC)cc2)c1CN(C[C@@H](O)COC(C)C)C1CC1. The number of aliphatic hydroxyl groups is 1. The molecule has 188 valence electrons. The Bertz CT molecular complexity index is 1060. The van der Waals surface area contributed by atoms with Gasteiger partial charge in [0.25, 0.3) is 0 Å². The van der Waals surface area contributed by atoms with Gasteiger partial charge in [0.2, 0.25) is 5.88 Å². The molecule has 35 heavy (non-hydrogen) atoms. The summed E-state index contributed by atoms with van der Waals surface area (Å²) in [6.07, 6.45) is 2.62. The third-order valence-corrected chi connectivity index (χ3v) is 6.12. The van der Waals surface area contributed by atoms with Crippen molar-refractivity contribution in [2.24, 2.45) is 0 Å². The number of rotatable bonds is 13. The van der Waals surface area contributed by atoms with E-state index in [-0.39, 0.29) is 6.10 Å². The smallest absolute Gasteiger partial charge is 0.227 e. The molecule has 1 N–H and O–H groups in total. The lowest BCUT2D eigenvalue weighted by Gasteiger charge is -2.26. The molecule has 0 bridgehead atoms. The van der Waals surface area contributed by atoms with Gasteiger partial charge in [-0.15, -0.1) is 0 Å². The summed E-state index contributed by atoms with van der Waals surface area (Å²) in [6.45, 7) is 7.63. The van der Waals surface area contributed by atoms with Crippen molar-refractivity contribution < 1.29 is 19.3 Å². The lowest BCUT2D eigenvalue weighted by atomic mass is 10.1. The Morgan fingerprint density at radius 3 is 2.34 bits per heavy atom. The van der Waals surface area contributed by atoms with Gasteiger partial charge in [0, 0.05) is 19.1 Å². The molecule has 0 aliphatic heterocycles. The van der Waals surface area contributed by atoms with Crippen LogP contribution in [0.2, 0.25) is 0 Å². The van der Waals surface area contributed by atoms with Crippen LogP contribution in [0.1, 0.15) is 44.9 Å². The summed E-state index contributed by atoms with van der Waals surface area (Å²) < 4.78 is 19.3. The van der Waals surface area contributed by atoms with E-state index in [4.69, 9.17) is 19.3 Å². The molecule has 1 saturated carbocycles. The number of aromatic nitrogens is 2. The Balaban J connectivity index is 1.66. The van der Waals surface area contributed by atoms with Gasteiger partial charge in [-0.25, -0.2) is 4.68 Å². The van der Waals surface area contributed by atoms with Crippen LogP contribution in [-0.4, -0.2) is 58.3 Å². The molecule has 1 fully saturated rings. The molecule has 1 aliphatic rings. The molecule has 1 heterocycles. The number of nitrogens with zero attached hydrogens (tertiary/aromatic N) is 3. The van der Waals surface area contributed by atoms with Crippen LogP contribution in [-0.2, 0) is 17.7 Å². The Kier molecular flexibility index (Phi) is 8.44. The quantitative estimate of drug-likeness (QED) is 0.373. The Morgan fingerprint density at radius 1 is 1.06 bits per heavy atom. The number of ether oxygens (including phenoxy) is 3. The van der Waals surface area contributed by atoms with E-state index in [1.807, 2.05) is 73.1 Å². The first-order valence-electron chi connectivity index (χ1n) is 12.5. The predicted octanol–water partition coefficient (Wildman–Crippen LogP) is 4.99. The highest BCUT2D eigenvalue weighted by molar-refractivity contribution is 5.44. The zero-order chi connectivity index (χ0) is 24.8. The van der Waals surface area contributed by atoms with E-state index < -0.39 is 6.10 Å². The topological polar surface area (TPSA) is 69.0 Å². The van der Waals surface area contributed by atoms with E-state index in [9.17, 15) is 5.11 Å². The van der Waals surface area contributed by atoms with Crippen LogP contribution in [0.3, 0.4) is 0 Å². The van der Waals surface area contributed by atoms with Crippen molar-refractivity contribution in [2.45, 2.75) is 64.8 Å². The third-order valence-electron chi connectivity index (χ3n) is 6.12. The fraction of sp³-hybridized carbons (Fsp3) is 0.464. The average Bonchev–Trinajstić information content (AvgIpc) is 3.67. The maximum atomic E-state index is 10.7. The zero-order valence-corrected chi connectivity index (χ0v) is 21.2.